The number of alkyl halides is 3. The summed E-state index contributed by atoms with van der Waals surface area (Å²) < 4.78 is 47.5. The summed E-state index contributed by atoms with van der Waals surface area (Å²) in [5, 5.41) is 0. The van der Waals surface area contributed by atoms with Crippen molar-refractivity contribution in [3.63, 3.8) is 0 Å². The molecule has 0 amide bonds. The van der Waals surface area contributed by atoms with Crippen LogP contribution in [0.4, 0.5) is 19.0 Å². The molecule has 178 valence electrons. The molecular formula is C23H31BrF3N3O2. The van der Waals surface area contributed by atoms with Crippen LogP contribution in [-0.2, 0) is 0 Å². The minimum atomic E-state index is -4.78. The number of aromatic nitrogens is 2. The van der Waals surface area contributed by atoms with E-state index in [0.717, 1.165) is 12.8 Å². The normalized spacial score (nSPS) is 10.7. The number of rotatable bonds is 8. The molecule has 0 aliphatic carbocycles. The summed E-state index contributed by atoms with van der Waals surface area (Å²) in [6, 6.07) is 3.91. The van der Waals surface area contributed by atoms with Crippen LogP contribution in [0.5, 0.6) is 11.5 Å². The van der Waals surface area contributed by atoms with E-state index in [-0.39, 0.29) is 11.5 Å². The van der Waals surface area contributed by atoms with E-state index in [4.69, 9.17) is 9.72 Å². The van der Waals surface area contributed by atoms with Crippen LogP contribution in [-0.4, -0.2) is 37.0 Å². The molecule has 1 aromatic heterocycles. The molecule has 2 rings (SSSR count). The lowest BCUT2D eigenvalue weighted by molar-refractivity contribution is -0.274. The van der Waals surface area contributed by atoms with Gasteiger partial charge in [0.1, 0.15) is 16.1 Å². The fraction of sp³-hybridized carbons (Fsp3) is 0.478. The van der Waals surface area contributed by atoms with Crippen LogP contribution in [0.3, 0.4) is 0 Å². The van der Waals surface area contributed by atoms with Crippen molar-refractivity contribution >= 4 is 21.7 Å². The largest absolute Gasteiger partial charge is 0.573 e. The van der Waals surface area contributed by atoms with Gasteiger partial charge in [0.25, 0.3) is 0 Å². The first kappa shape index (κ1) is 27.7. The molecule has 9 heteroatoms. The van der Waals surface area contributed by atoms with Crippen LogP contribution in [0.25, 0.3) is 11.3 Å². The predicted octanol–water partition coefficient (Wildman–Crippen LogP) is 7.33. The molecular weight excluding hydrogens is 487 g/mol. The molecule has 1 heterocycles. The maximum Gasteiger partial charge on any atom is 0.573 e. The Morgan fingerprint density at radius 1 is 1.16 bits per heavy atom. The van der Waals surface area contributed by atoms with Crippen LogP contribution < -0.4 is 14.4 Å². The number of anilines is 1. The molecule has 0 N–H and O–H groups in total. The standard InChI is InChI=1S/C21H25BrF3N3O2.C2H6/c1-6-14(7-2)10-11-28(4)20-19(22)26-13(3)18(27-20)16-9-8-15(12-17(16)29-5)30-21(23,24)25;1-2/h8-10,12H,6-7,11H2,1-5H3;1-2H3. The zero-order chi connectivity index (χ0) is 24.5. The Kier molecular flexibility index (Phi) is 11.0. The quantitative estimate of drug-likeness (QED) is 0.343. The van der Waals surface area contributed by atoms with Crippen LogP contribution >= 0.6 is 15.9 Å². The van der Waals surface area contributed by atoms with Crippen molar-refractivity contribution in [3.05, 3.63) is 40.1 Å². The summed E-state index contributed by atoms with van der Waals surface area (Å²) in [5.74, 6) is 0.472. The van der Waals surface area contributed by atoms with Gasteiger partial charge in [-0.25, -0.2) is 9.97 Å². The highest BCUT2D eigenvalue weighted by Gasteiger charge is 2.31. The highest BCUT2D eigenvalue weighted by Crippen LogP contribution is 2.37. The van der Waals surface area contributed by atoms with E-state index >= 15 is 0 Å². The molecule has 0 aliphatic rings. The Morgan fingerprint density at radius 3 is 2.31 bits per heavy atom. The third-order valence-corrected chi connectivity index (χ3v) is 5.13. The number of benzene rings is 1. The number of allylic oxidation sites excluding steroid dienone is 1. The van der Waals surface area contributed by atoms with Crippen LogP contribution in [0, 0.1) is 6.92 Å². The molecule has 0 bridgehead atoms. The minimum absolute atomic E-state index is 0.212. The molecule has 0 saturated carbocycles. The lowest BCUT2D eigenvalue weighted by atomic mass is 10.1. The van der Waals surface area contributed by atoms with Gasteiger partial charge in [0.05, 0.1) is 18.5 Å². The maximum atomic E-state index is 12.5. The Morgan fingerprint density at radius 2 is 1.78 bits per heavy atom. The number of aryl methyl sites for hydroxylation is 1. The number of hydrogen-bond donors (Lipinski definition) is 0. The number of nitrogens with zero attached hydrogens (tertiary/aromatic N) is 3. The Balaban J connectivity index is 0.00000249. The summed E-state index contributed by atoms with van der Waals surface area (Å²) in [6.07, 6.45) is -0.643. The van der Waals surface area contributed by atoms with Gasteiger partial charge >= 0.3 is 6.36 Å². The SMILES string of the molecule is CC.CCC(=CCN(C)c1nc(-c2ccc(OC(F)(F)F)cc2OC)c(C)nc1Br)CC. The molecule has 2 aromatic rings. The number of hydrogen-bond acceptors (Lipinski definition) is 5. The highest BCUT2D eigenvalue weighted by atomic mass is 79.9. The van der Waals surface area contributed by atoms with Gasteiger partial charge in [-0.2, -0.15) is 0 Å². The van der Waals surface area contributed by atoms with Gasteiger partial charge in [-0.05, 0) is 47.8 Å². The van der Waals surface area contributed by atoms with Crippen LogP contribution in [0.15, 0.2) is 34.5 Å². The fourth-order valence-corrected chi connectivity index (χ4v) is 3.59. The Labute approximate surface area is 196 Å². The van der Waals surface area contributed by atoms with Crippen molar-refractivity contribution < 1.29 is 22.6 Å². The first-order valence-corrected chi connectivity index (χ1v) is 11.3. The molecule has 0 fully saturated rings. The molecule has 32 heavy (non-hydrogen) atoms. The fourth-order valence-electron chi connectivity index (χ4n) is 2.94. The van der Waals surface area contributed by atoms with E-state index in [2.05, 4.69) is 45.6 Å². The molecule has 0 saturated heterocycles. The van der Waals surface area contributed by atoms with Crippen LogP contribution in [0.2, 0.25) is 0 Å². The topological polar surface area (TPSA) is 47.5 Å². The highest BCUT2D eigenvalue weighted by molar-refractivity contribution is 9.10. The van der Waals surface area contributed by atoms with Gasteiger partial charge in [0, 0.05) is 25.2 Å². The zero-order valence-corrected chi connectivity index (χ0v) is 21.2. The van der Waals surface area contributed by atoms with Gasteiger partial charge in [0.15, 0.2) is 5.82 Å². The monoisotopic (exact) mass is 517 g/mol. The third-order valence-electron chi connectivity index (χ3n) is 4.60. The number of likely N-dealkylation sites (N-methyl/N-ethyl adjacent to an activating group) is 1. The summed E-state index contributed by atoms with van der Waals surface area (Å²) in [4.78, 5) is 11.2. The lowest BCUT2D eigenvalue weighted by Crippen LogP contribution is -2.20. The molecule has 5 nitrogen and oxygen atoms in total. The molecule has 1 aromatic carbocycles. The average Bonchev–Trinajstić information content (AvgIpc) is 2.75. The maximum absolute atomic E-state index is 12.5. The number of halogens is 4. The lowest BCUT2D eigenvalue weighted by Gasteiger charge is -2.20. The van der Waals surface area contributed by atoms with Crippen molar-refractivity contribution in [3.8, 4) is 22.8 Å². The van der Waals surface area contributed by atoms with Crippen molar-refractivity contribution in [1.29, 1.82) is 0 Å². The predicted molar refractivity (Wildman–Crippen MR) is 126 cm³/mol. The molecule has 0 unspecified atom stereocenters. The summed E-state index contributed by atoms with van der Waals surface area (Å²) in [6.45, 7) is 10.7. The van der Waals surface area contributed by atoms with Crippen molar-refractivity contribution in [2.75, 3.05) is 25.6 Å². The number of methoxy groups -OCH3 is 1. The van der Waals surface area contributed by atoms with E-state index < -0.39 is 6.36 Å². The van der Waals surface area contributed by atoms with E-state index in [9.17, 15) is 13.2 Å². The van der Waals surface area contributed by atoms with Gasteiger partial charge in [-0.3, -0.25) is 0 Å². The minimum Gasteiger partial charge on any atom is -0.496 e. The molecule has 0 radical (unpaired) electrons. The van der Waals surface area contributed by atoms with Gasteiger partial charge in [-0.1, -0.05) is 39.3 Å². The van der Waals surface area contributed by atoms with Crippen LogP contribution in [0.1, 0.15) is 46.2 Å². The van der Waals surface area contributed by atoms with Crippen molar-refractivity contribution in [2.45, 2.75) is 53.8 Å². The second-order valence-electron chi connectivity index (χ2n) is 6.63. The smallest absolute Gasteiger partial charge is 0.496 e. The molecule has 0 aliphatic heterocycles. The zero-order valence-electron chi connectivity index (χ0n) is 19.6. The second kappa shape index (κ2) is 12.7. The summed E-state index contributed by atoms with van der Waals surface area (Å²) in [5.41, 5.74) is 3.00. The van der Waals surface area contributed by atoms with Gasteiger partial charge < -0.3 is 14.4 Å². The molecule has 0 spiro atoms. The van der Waals surface area contributed by atoms with Crippen molar-refractivity contribution in [2.24, 2.45) is 0 Å². The average molecular weight is 518 g/mol. The van der Waals surface area contributed by atoms with Gasteiger partial charge in [-0.15, -0.1) is 13.2 Å². The second-order valence-corrected chi connectivity index (χ2v) is 7.38. The Hall–Kier alpha value is -2.29. The third kappa shape index (κ3) is 7.69. The first-order valence-electron chi connectivity index (χ1n) is 10.5. The molecule has 0 atom stereocenters. The van der Waals surface area contributed by atoms with E-state index in [1.165, 1.54) is 30.9 Å². The number of ether oxygens (including phenoxy) is 2. The Bertz CT molecular complexity index is 912. The first-order chi connectivity index (χ1) is 15.1. The summed E-state index contributed by atoms with van der Waals surface area (Å²) >= 11 is 3.46. The summed E-state index contributed by atoms with van der Waals surface area (Å²) in [7, 11) is 3.29. The van der Waals surface area contributed by atoms with Gasteiger partial charge in [0.2, 0.25) is 0 Å². The van der Waals surface area contributed by atoms with E-state index in [1.54, 1.807) is 6.92 Å². The van der Waals surface area contributed by atoms with E-state index in [0.29, 0.717) is 33.9 Å². The van der Waals surface area contributed by atoms with E-state index in [1.807, 2.05) is 25.8 Å². The van der Waals surface area contributed by atoms with Crippen molar-refractivity contribution in [1.82, 2.24) is 9.97 Å².